The molecule has 4 aromatic rings. The number of hydrogen-bond donors (Lipinski definition) is 0. The van der Waals surface area contributed by atoms with Crippen molar-refractivity contribution in [2.45, 2.75) is 6.92 Å². The number of benzene rings is 2. The standard InChI is InChI=1S/C20H15NO/c1-14(22)19-18(15-7-3-2-4-8-15)13-21-12-11-16-9-5-6-10-17(16)20(19)21/h2-13H,1H3. The summed E-state index contributed by atoms with van der Waals surface area (Å²) in [5.41, 5.74) is 3.84. The maximum Gasteiger partial charge on any atom is 0.162 e. The maximum atomic E-state index is 12.3. The second-order valence-corrected chi connectivity index (χ2v) is 5.50. The number of Topliss-reactive ketones (excluding diaryl/α,β-unsaturated/α-hetero) is 1. The van der Waals surface area contributed by atoms with E-state index < -0.39 is 0 Å². The lowest BCUT2D eigenvalue weighted by Gasteiger charge is -2.04. The predicted octanol–water partition coefficient (Wildman–Crippen LogP) is 4.96. The number of aromatic nitrogens is 1. The third-order valence-corrected chi connectivity index (χ3v) is 4.10. The summed E-state index contributed by atoms with van der Waals surface area (Å²) in [6, 6.07) is 20.4. The molecule has 0 bridgehead atoms. The summed E-state index contributed by atoms with van der Waals surface area (Å²) in [4.78, 5) is 12.3. The van der Waals surface area contributed by atoms with E-state index in [1.165, 1.54) is 0 Å². The van der Waals surface area contributed by atoms with Crippen LogP contribution in [0.15, 0.2) is 73.1 Å². The minimum Gasteiger partial charge on any atom is -0.322 e. The number of hydrogen-bond acceptors (Lipinski definition) is 1. The van der Waals surface area contributed by atoms with Crippen LogP contribution < -0.4 is 0 Å². The fourth-order valence-electron chi connectivity index (χ4n) is 3.13. The third kappa shape index (κ3) is 1.85. The van der Waals surface area contributed by atoms with Crippen molar-refractivity contribution in [3.8, 4) is 11.1 Å². The number of ketones is 1. The van der Waals surface area contributed by atoms with Gasteiger partial charge in [-0.05, 0) is 23.9 Å². The molecule has 2 heteroatoms. The second kappa shape index (κ2) is 4.85. The molecular weight excluding hydrogens is 270 g/mol. The van der Waals surface area contributed by atoms with Crippen molar-refractivity contribution >= 4 is 22.1 Å². The molecule has 0 spiro atoms. The fourth-order valence-corrected chi connectivity index (χ4v) is 3.13. The van der Waals surface area contributed by atoms with Crippen molar-refractivity contribution < 1.29 is 4.79 Å². The summed E-state index contributed by atoms with van der Waals surface area (Å²) in [6.07, 6.45) is 4.07. The molecule has 106 valence electrons. The summed E-state index contributed by atoms with van der Waals surface area (Å²) < 4.78 is 2.06. The maximum absolute atomic E-state index is 12.3. The zero-order chi connectivity index (χ0) is 15.1. The fraction of sp³-hybridized carbons (Fsp3) is 0.0500. The first-order chi connectivity index (χ1) is 10.8. The molecule has 4 rings (SSSR count). The van der Waals surface area contributed by atoms with E-state index in [1.54, 1.807) is 6.92 Å². The van der Waals surface area contributed by atoms with Crippen LogP contribution in [-0.4, -0.2) is 10.2 Å². The molecule has 0 amide bonds. The number of carbonyl (C=O) groups excluding carboxylic acids is 1. The summed E-state index contributed by atoms with van der Waals surface area (Å²) in [7, 11) is 0. The molecule has 22 heavy (non-hydrogen) atoms. The first-order valence-corrected chi connectivity index (χ1v) is 7.34. The number of nitrogens with zero attached hydrogens (tertiary/aromatic N) is 1. The van der Waals surface area contributed by atoms with Gasteiger partial charge in [0.2, 0.25) is 0 Å². The van der Waals surface area contributed by atoms with Gasteiger partial charge in [0.1, 0.15) is 0 Å². The lowest BCUT2D eigenvalue weighted by molar-refractivity contribution is 0.102. The summed E-state index contributed by atoms with van der Waals surface area (Å²) in [5.74, 6) is 0.0951. The highest BCUT2D eigenvalue weighted by Gasteiger charge is 2.17. The van der Waals surface area contributed by atoms with Crippen molar-refractivity contribution in [1.82, 2.24) is 4.40 Å². The van der Waals surface area contributed by atoms with Gasteiger partial charge in [0.25, 0.3) is 0 Å². The average Bonchev–Trinajstić information content (AvgIpc) is 2.96. The van der Waals surface area contributed by atoms with Crippen molar-refractivity contribution in [1.29, 1.82) is 0 Å². The van der Waals surface area contributed by atoms with E-state index in [1.807, 2.05) is 54.9 Å². The quantitative estimate of drug-likeness (QED) is 0.477. The second-order valence-electron chi connectivity index (χ2n) is 5.50. The topological polar surface area (TPSA) is 21.5 Å². The van der Waals surface area contributed by atoms with Crippen LogP contribution in [0.3, 0.4) is 0 Å². The Morgan fingerprint density at radius 1 is 0.909 bits per heavy atom. The van der Waals surface area contributed by atoms with Gasteiger partial charge >= 0.3 is 0 Å². The summed E-state index contributed by atoms with van der Waals surface area (Å²) >= 11 is 0. The van der Waals surface area contributed by atoms with Crippen LogP contribution in [0, 0.1) is 0 Å². The number of fused-ring (bicyclic) bond motifs is 3. The van der Waals surface area contributed by atoms with E-state index in [0.29, 0.717) is 0 Å². The normalized spacial score (nSPS) is 11.1. The number of rotatable bonds is 2. The molecule has 2 aromatic carbocycles. The SMILES string of the molecule is CC(=O)c1c(-c2ccccc2)cn2ccc3ccccc3c12. The van der Waals surface area contributed by atoms with Gasteiger partial charge in [0.15, 0.2) is 5.78 Å². The van der Waals surface area contributed by atoms with Crippen molar-refractivity contribution in [2.24, 2.45) is 0 Å². The molecule has 2 aromatic heterocycles. The van der Waals surface area contributed by atoms with E-state index in [0.717, 1.165) is 33.0 Å². The van der Waals surface area contributed by atoms with Crippen LogP contribution in [-0.2, 0) is 0 Å². The van der Waals surface area contributed by atoms with Crippen LogP contribution in [0.25, 0.3) is 27.4 Å². The molecule has 0 saturated carbocycles. The number of carbonyl (C=O) groups is 1. The molecule has 2 heterocycles. The Morgan fingerprint density at radius 3 is 2.41 bits per heavy atom. The molecule has 0 unspecified atom stereocenters. The van der Waals surface area contributed by atoms with Crippen molar-refractivity contribution in [3.05, 3.63) is 78.6 Å². The Balaban J connectivity index is 2.17. The van der Waals surface area contributed by atoms with Gasteiger partial charge in [0, 0.05) is 23.3 Å². The van der Waals surface area contributed by atoms with E-state index in [4.69, 9.17) is 0 Å². The van der Waals surface area contributed by atoms with Crippen LogP contribution in [0.2, 0.25) is 0 Å². The van der Waals surface area contributed by atoms with E-state index >= 15 is 0 Å². The van der Waals surface area contributed by atoms with E-state index in [-0.39, 0.29) is 5.78 Å². The highest BCUT2D eigenvalue weighted by Crippen LogP contribution is 2.33. The molecule has 0 atom stereocenters. The molecular formula is C20H15NO. The Morgan fingerprint density at radius 2 is 1.64 bits per heavy atom. The Kier molecular flexibility index (Phi) is 2.83. The minimum atomic E-state index is 0.0951. The van der Waals surface area contributed by atoms with Gasteiger partial charge in [-0.3, -0.25) is 4.79 Å². The zero-order valence-corrected chi connectivity index (χ0v) is 12.3. The predicted molar refractivity (Wildman–Crippen MR) is 90.3 cm³/mol. The first kappa shape index (κ1) is 12.8. The third-order valence-electron chi connectivity index (χ3n) is 4.10. The lowest BCUT2D eigenvalue weighted by atomic mass is 9.99. The monoisotopic (exact) mass is 285 g/mol. The largest absolute Gasteiger partial charge is 0.322 e. The molecule has 0 aliphatic rings. The molecule has 0 radical (unpaired) electrons. The van der Waals surface area contributed by atoms with Gasteiger partial charge < -0.3 is 4.40 Å². The lowest BCUT2D eigenvalue weighted by Crippen LogP contribution is -1.94. The Labute approximate surface area is 128 Å². The Hall–Kier alpha value is -2.87. The van der Waals surface area contributed by atoms with Gasteiger partial charge in [-0.25, -0.2) is 0 Å². The van der Waals surface area contributed by atoms with E-state index in [9.17, 15) is 4.79 Å². The first-order valence-electron chi connectivity index (χ1n) is 7.34. The minimum absolute atomic E-state index is 0.0951. The van der Waals surface area contributed by atoms with Gasteiger partial charge in [-0.2, -0.15) is 0 Å². The van der Waals surface area contributed by atoms with Gasteiger partial charge in [-0.1, -0.05) is 54.6 Å². The molecule has 2 nitrogen and oxygen atoms in total. The molecule has 0 N–H and O–H groups in total. The number of pyridine rings is 1. The summed E-state index contributed by atoms with van der Waals surface area (Å²) in [5, 5.41) is 2.26. The van der Waals surface area contributed by atoms with Crippen LogP contribution in [0.4, 0.5) is 0 Å². The Bertz CT molecular complexity index is 996. The van der Waals surface area contributed by atoms with Crippen molar-refractivity contribution in [2.75, 3.05) is 0 Å². The average molecular weight is 285 g/mol. The van der Waals surface area contributed by atoms with E-state index in [2.05, 4.69) is 22.6 Å². The summed E-state index contributed by atoms with van der Waals surface area (Å²) in [6.45, 7) is 1.64. The smallest absolute Gasteiger partial charge is 0.162 e. The molecule has 0 aliphatic heterocycles. The molecule has 0 fully saturated rings. The molecule has 0 saturated heterocycles. The highest BCUT2D eigenvalue weighted by atomic mass is 16.1. The van der Waals surface area contributed by atoms with Crippen LogP contribution in [0.5, 0.6) is 0 Å². The van der Waals surface area contributed by atoms with Gasteiger partial charge in [0.05, 0.1) is 11.1 Å². The highest BCUT2D eigenvalue weighted by molar-refractivity contribution is 6.14. The molecule has 0 aliphatic carbocycles. The van der Waals surface area contributed by atoms with Crippen LogP contribution >= 0.6 is 0 Å². The van der Waals surface area contributed by atoms with Crippen LogP contribution in [0.1, 0.15) is 17.3 Å². The zero-order valence-electron chi connectivity index (χ0n) is 12.3. The van der Waals surface area contributed by atoms with Gasteiger partial charge in [-0.15, -0.1) is 0 Å². The van der Waals surface area contributed by atoms with Crippen molar-refractivity contribution in [3.63, 3.8) is 0 Å².